The van der Waals surface area contributed by atoms with Gasteiger partial charge in [-0.25, -0.2) is 16.8 Å². The first-order valence-corrected chi connectivity index (χ1v) is 11.1. The van der Waals surface area contributed by atoms with Crippen LogP contribution in [0.2, 0.25) is 0 Å². The van der Waals surface area contributed by atoms with Gasteiger partial charge in [0, 0.05) is 39.1 Å². The van der Waals surface area contributed by atoms with E-state index < -0.39 is 19.9 Å². The van der Waals surface area contributed by atoms with Crippen molar-refractivity contribution in [3.05, 3.63) is 0 Å². The summed E-state index contributed by atoms with van der Waals surface area (Å²) in [5, 5.41) is 0. The van der Waals surface area contributed by atoms with Crippen molar-refractivity contribution in [3.8, 4) is 12.3 Å². The summed E-state index contributed by atoms with van der Waals surface area (Å²) in [5.41, 5.74) is 0. The number of nitrogens with zero attached hydrogens (tertiary/aromatic N) is 2. The van der Waals surface area contributed by atoms with E-state index in [9.17, 15) is 16.8 Å². The van der Waals surface area contributed by atoms with Gasteiger partial charge in [0.05, 0.1) is 17.3 Å². The summed E-state index contributed by atoms with van der Waals surface area (Å²) >= 11 is 0. The van der Waals surface area contributed by atoms with Gasteiger partial charge in [-0.15, -0.1) is 12.3 Å². The highest BCUT2D eigenvalue weighted by molar-refractivity contribution is 7.91. The van der Waals surface area contributed by atoms with Crippen LogP contribution in [-0.4, -0.2) is 76.0 Å². The minimum Gasteiger partial charge on any atom is -0.300 e. The molecule has 2 heterocycles. The SMILES string of the molecule is C#CCCN1CCN(S(=O)(=O)CC2CCCS(=O)(=O)C2)CC1. The van der Waals surface area contributed by atoms with Gasteiger partial charge in [0.25, 0.3) is 0 Å². The van der Waals surface area contributed by atoms with E-state index in [1.807, 2.05) is 0 Å². The number of rotatable bonds is 5. The molecule has 0 aromatic heterocycles. The van der Waals surface area contributed by atoms with Gasteiger partial charge in [-0.1, -0.05) is 0 Å². The van der Waals surface area contributed by atoms with Crippen molar-refractivity contribution in [2.45, 2.75) is 19.3 Å². The largest absolute Gasteiger partial charge is 0.300 e. The Morgan fingerprint density at radius 2 is 1.86 bits per heavy atom. The molecule has 0 bridgehead atoms. The van der Waals surface area contributed by atoms with E-state index in [0.29, 0.717) is 45.4 Å². The van der Waals surface area contributed by atoms with Crippen LogP contribution in [-0.2, 0) is 19.9 Å². The van der Waals surface area contributed by atoms with Gasteiger partial charge in [-0.3, -0.25) is 4.90 Å². The third-order valence-electron chi connectivity index (χ3n) is 4.30. The van der Waals surface area contributed by atoms with Crippen molar-refractivity contribution >= 4 is 19.9 Å². The quantitative estimate of drug-likeness (QED) is 0.642. The molecule has 0 spiro atoms. The summed E-state index contributed by atoms with van der Waals surface area (Å²) in [5.74, 6) is 2.48. The molecular formula is C14H24N2O4S2. The lowest BCUT2D eigenvalue weighted by Gasteiger charge is -2.34. The molecule has 0 saturated carbocycles. The second-order valence-electron chi connectivity index (χ2n) is 6.10. The molecule has 0 aliphatic carbocycles. The van der Waals surface area contributed by atoms with Gasteiger partial charge in [-0.2, -0.15) is 4.31 Å². The van der Waals surface area contributed by atoms with Gasteiger partial charge in [0.1, 0.15) is 0 Å². The molecule has 22 heavy (non-hydrogen) atoms. The summed E-state index contributed by atoms with van der Waals surface area (Å²) in [7, 11) is -6.44. The Balaban J connectivity index is 1.88. The van der Waals surface area contributed by atoms with E-state index in [0.717, 1.165) is 6.54 Å². The van der Waals surface area contributed by atoms with Crippen LogP contribution < -0.4 is 0 Å². The zero-order valence-corrected chi connectivity index (χ0v) is 14.4. The van der Waals surface area contributed by atoms with Gasteiger partial charge >= 0.3 is 0 Å². The standard InChI is InChI=1S/C14H24N2O4S2/c1-2-3-6-15-7-9-16(10-8-15)22(19,20)13-14-5-4-11-21(17,18)12-14/h1,14H,3-13H2. The van der Waals surface area contributed by atoms with Crippen molar-refractivity contribution in [2.24, 2.45) is 5.92 Å². The lowest BCUT2D eigenvalue weighted by Crippen LogP contribution is -2.50. The fourth-order valence-electron chi connectivity index (χ4n) is 3.11. The molecule has 0 N–H and O–H groups in total. The highest BCUT2D eigenvalue weighted by Crippen LogP contribution is 2.21. The van der Waals surface area contributed by atoms with Crippen LogP contribution in [0.4, 0.5) is 0 Å². The zero-order valence-electron chi connectivity index (χ0n) is 12.8. The molecule has 6 nitrogen and oxygen atoms in total. The molecule has 0 radical (unpaired) electrons. The molecule has 0 aromatic rings. The van der Waals surface area contributed by atoms with Crippen LogP contribution in [0.25, 0.3) is 0 Å². The fraction of sp³-hybridized carbons (Fsp3) is 0.857. The Hall–Kier alpha value is -0.620. The number of sulfone groups is 1. The summed E-state index contributed by atoms with van der Waals surface area (Å²) in [6, 6.07) is 0. The Kier molecular flexibility index (Phi) is 5.88. The predicted octanol–water partition coefficient (Wildman–Crippen LogP) is -0.218. The van der Waals surface area contributed by atoms with Gasteiger partial charge in [0.2, 0.25) is 10.0 Å². The molecule has 2 rings (SSSR count). The molecule has 2 fully saturated rings. The van der Waals surface area contributed by atoms with Gasteiger partial charge in [-0.05, 0) is 18.8 Å². The topological polar surface area (TPSA) is 74.8 Å². The molecule has 2 aliphatic heterocycles. The van der Waals surface area contributed by atoms with Crippen LogP contribution in [0.1, 0.15) is 19.3 Å². The Bertz CT molecular complexity index is 614. The minimum absolute atomic E-state index is 0.00830. The van der Waals surface area contributed by atoms with E-state index in [1.54, 1.807) is 0 Å². The number of sulfonamides is 1. The first-order chi connectivity index (χ1) is 10.3. The summed E-state index contributed by atoms with van der Waals surface area (Å²) in [6.45, 7) is 3.09. The fourth-order valence-corrected chi connectivity index (χ4v) is 6.84. The predicted molar refractivity (Wildman–Crippen MR) is 86.6 cm³/mol. The first-order valence-electron chi connectivity index (χ1n) is 7.66. The van der Waals surface area contributed by atoms with Crippen molar-refractivity contribution in [3.63, 3.8) is 0 Å². The van der Waals surface area contributed by atoms with Crippen LogP contribution in [0, 0.1) is 18.3 Å². The number of hydrogen-bond acceptors (Lipinski definition) is 5. The lowest BCUT2D eigenvalue weighted by molar-refractivity contribution is 0.191. The maximum Gasteiger partial charge on any atom is 0.214 e. The smallest absolute Gasteiger partial charge is 0.214 e. The zero-order chi connectivity index (χ0) is 16.2. The molecule has 0 aromatic carbocycles. The monoisotopic (exact) mass is 348 g/mol. The summed E-state index contributed by atoms with van der Waals surface area (Å²) in [6.07, 6.45) is 7.16. The van der Waals surface area contributed by atoms with Gasteiger partial charge < -0.3 is 0 Å². The summed E-state index contributed by atoms with van der Waals surface area (Å²) < 4.78 is 49.7. The highest BCUT2D eigenvalue weighted by atomic mass is 32.2. The van der Waals surface area contributed by atoms with Crippen molar-refractivity contribution in [1.29, 1.82) is 0 Å². The second-order valence-corrected chi connectivity index (χ2v) is 10.3. The molecule has 0 amide bonds. The normalized spacial score (nSPS) is 27.3. The first kappa shape index (κ1) is 17.7. The average Bonchev–Trinajstić information content (AvgIpc) is 2.44. The third kappa shape index (κ3) is 4.95. The molecule has 2 aliphatic rings. The Morgan fingerprint density at radius 1 is 1.18 bits per heavy atom. The number of piperazine rings is 1. The maximum absolute atomic E-state index is 12.5. The Morgan fingerprint density at radius 3 is 2.45 bits per heavy atom. The second kappa shape index (κ2) is 7.30. The molecule has 1 atom stereocenters. The molecule has 126 valence electrons. The molecule has 2 saturated heterocycles. The minimum atomic E-state index is -3.38. The third-order valence-corrected chi connectivity index (χ3v) is 8.24. The van der Waals surface area contributed by atoms with Crippen LogP contribution in [0.15, 0.2) is 0 Å². The van der Waals surface area contributed by atoms with Crippen LogP contribution in [0.5, 0.6) is 0 Å². The maximum atomic E-state index is 12.5. The van der Waals surface area contributed by atoms with E-state index in [-0.39, 0.29) is 23.2 Å². The number of hydrogen-bond donors (Lipinski definition) is 0. The molecule has 1 unspecified atom stereocenters. The van der Waals surface area contributed by atoms with Gasteiger partial charge in [0.15, 0.2) is 9.84 Å². The highest BCUT2D eigenvalue weighted by Gasteiger charge is 2.33. The van der Waals surface area contributed by atoms with Crippen LogP contribution in [0.3, 0.4) is 0 Å². The average molecular weight is 348 g/mol. The van der Waals surface area contributed by atoms with Crippen LogP contribution >= 0.6 is 0 Å². The van der Waals surface area contributed by atoms with E-state index in [1.165, 1.54) is 4.31 Å². The van der Waals surface area contributed by atoms with E-state index in [4.69, 9.17) is 6.42 Å². The Labute approximate surface area is 133 Å². The molecule has 8 heteroatoms. The van der Waals surface area contributed by atoms with Crippen molar-refractivity contribution < 1.29 is 16.8 Å². The van der Waals surface area contributed by atoms with Crippen molar-refractivity contribution in [2.75, 3.05) is 50.0 Å². The number of terminal acetylenes is 1. The van der Waals surface area contributed by atoms with E-state index >= 15 is 0 Å². The van der Waals surface area contributed by atoms with E-state index in [2.05, 4.69) is 10.8 Å². The van der Waals surface area contributed by atoms with Crippen molar-refractivity contribution in [1.82, 2.24) is 9.21 Å². The molecular weight excluding hydrogens is 324 g/mol. The lowest BCUT2D eigenvalue weighted by atomic mass is 10.1. The summed E-state index contributed by atoms with van der Waals surface area (Å²) in [4.78, 5) is 2.16.